The molecule has 0 saturated heterocycles. The molecule has 1 aromatic heterocycles. The predicted molar refractivity (Wildman–Crippen MR) is 72.2 cm³/mol. The van der Waals surface area contributed by atoms with E-state index in [4.69, 9.17) is 5.73 Å². The summed E-state index contributed by atoms with van der Waals surface area (Å²) in [5, 5.41) is 2.92. The molecule has 0 unspecified atom stereocenters. The van der Waals surface area contributed by atoms with E-state index in [0.29, 0.717) is 11.5 Å². The minimum atomic E-state index is -0.127. The van der Waals surface area contributed by atoms with Crippen LogP contribution in [0.2, 0.25) is 0 Å². The summed E-state index contributed by atoms with van der Waals surface area (Å²) >= 11 is 0. The molecule has 1 fully saturated rings. The molecule has 2 rings (SSSR count). The molecule has 0 atom stereocenters. The van der Waals surface area contributed by atoms with Gasteiger partial charge < -0.3 is 11.1 Å². The lowest BCUT2D eigenvalue weighted by atomic mass is 9.87. The van der Waals surface area contributed by atoms with Crippen LogP contribution < -0.4 is 11.1 Å². The maximum absolute atomic E-state index is 11.8. The summed E-state index contributed by atoms with van der Waals surface area (Å²) in [5.74, 6) is 1.04. The van der Waals surface area contributed by atoms with Gasteiger partial charge in [0.05, 0.1) is 0 Å². The Bertz CT molecular complexity index is 400. The number of nitrogens with two attached hydrogens (primary N) is 1. The summed E-state index contributed by atoms with van der Waals surface area (Å²) in [6, 6.07) is 5.11. The van der Waals surface area contributed by atoms with Gasteiger partial charge in [-0.2, -0.15) is 0 Å². The molecular weight excluding hydrogens is 226 g/mol. The zero-order valence-corrected chi connectivity index (χ0v) is 10.7. The van der Waals surface area contributed by atoms with E-state index in [0.717, 1.165) is 18.9 Å². The molecule has 1 amide bonds. The highest BCUT2D eigenvalue weighted by molar-refractivity contribution is 5.92. The van der Waals surface area contributed by atoms with Gasteiger partial charge in [0.15, 0.2) is 0 Å². The Labute approximate surface area is 108 Å². The third-order valence-electron chi connectivity index (χ3n) is 3.57. The topological polar surface area (TPSA) is 68.0 Å². The Morgan fingerprint density at radius 1 is 1.33 bits per heavy atom. The Morgan fingerprint density at radius 3 is 2.83 bits per heavy atom. The number of carbonyl (C=O) groups excluding carboxylic acids is 1. The summed E-state index contributed by atoms with van der Waals surface area (Å²) < 4.78 is 0. The lowest BCUT2D eigenvalue weighted by Gasteiger charge is -2.21. The fourth-order valence-corrected chi connectivity index (χ4v) is 2.53. The molecule has 18 heavy (non-hydrogen) atoms. The van der Waals surface area contributed by atoms with E-state index >= 15 is 0 Å². The molecular formula is C14H21N3O. The monoisotopic (exact) mass is 247 g/mol. The number of anilines is 1. The van der Waals surface area contributed by atoms with E-state index in [9.17, 15) is 4.79 Å². The summed E-state index contributed by atoms with van der Waals surface area (Å²) in [7, 11) is 0. The van der Waals surface area contributed by atoms with Crippen LogP contribution in [0, 0.1) is 5.92 Å². The smallest absolute Gasteiger partial charge is 0.269 e. The highest BCUT2D eigenvalue weighted by Gasteiger charge is 2.13. The van der Waals surface area contributed by atoms with Gasteiger partial charge in [-0.15, -0.1) is 0 Å². The van der Waals surface area contributed by atoms with Crippen LogP contribution >= 0.6 is 0 Å². The number of hydrogen-bond donors (Lipinski definition) is 2. The van der Waals surface area contributed by atoms with Gasteiger partial charge in [-0.05, 0) is 24.5 Å². The lowest BCUT2D eigenvalue weighted by Crippen LogP contribution is -2.27. The maximum atomic E-state index is 11.8. The molecule has 0 radical (unpaired) electrons. The second kappa shape index (κ2) is 6.38. The second-order valence-corrected chi connectivity index (χ2v) is 5.00. The molecule has 0 aliphatic heterocycles. The molecule has 4 heteroatoms. The summed E-state index contributed by atoms with van der Waals surface area (Å²) in [6.45, 7) is 0.736. The van der Waals surface area contributed by atoms with Crippen LogP contribution in [0.25, 0.3) is 0 Å². The predicted octanol–water partition coefficient (Wildman–Crippen LogP) is 2.36. The lowest BCUT2D eigenvalue weighted by molar-refractivity contribution is 0.0945. The molecule has 0 bridgehead atoms. The van der Waals surface area contributed by atoms with Crippen molar-refractivity contribution in [1.29, 1.82) is 0 Å². The standard InChI is InChI=1S/C14H21N3O/c15-13-8-4-7-12(17-13)14(18)16-10-9-11-5-2-1-3-6-11/h4,7-8,11H,1-3,5-6,9-10H2,(H2,15,17)(H,16,18). The second-order valence-electron chi connectivity index (χ2n) is 5.00. The van der Waals surface area contributed by atoms with E-state index in [1.807, 2.05) is 0 Å². The molecule has 1 heterocycles. The van der Waals surface area contributed by atoms with Crippen molar-refractivity contribution in [3.63, 3.8) is 0 Å². The highest BCUT2D eigenvalue weighted by Crippen LogP contribution is 2.25. The zero-order chi connectivity index (χ0) is 12.8. The molecule has 0 aromatic carbocycles. The fraction of sp³-hybridized carbons (Fsp3) is 0.571. The molecule has 1 aliphatic carbocycles. The first-order valence-electron chi connectivity index (χ1n) is 6.76. The third kappa shape index (κ3) is 3.72. The Morgan fingerprint density at radius 2 is 2.11 bits per heavy atom. The van der Waals surface area contributed by atoms with Gasteiger partial charge in [-0.1, -0.05) is 38.2 Å². The molecule has 3 N–H and O–H groups in total. The first kappa shape index (κ1) is 12.9. The van der Waals surface area contributed by atoms with E-state index in [1.54, 1.807) is 18.2 Å². The van der Waals surface area contributed by atoms with Crippen LogP contribution in [0.1, 0.15) is 49.0 Å². The van der Waals surface area contributed by atoms with Crippen LogP contribution in [0.5, 0.6) is 0 Å². The number of carbonyl (C=O) groups is 1. The number of aromatic nitrogens is 1. The Kier molecular flexibility index (Phi) is 4.56. The zero-order valence-electron chi connectivity index (χ0n) is 10.7. The first-order chi connectivity index (χ1) is 8.75. The number of hydrogen-bond acceptors (Lipinski definition) is 3. The average Bonchev–Trinajstić information content (AvgIpc) is 2.40. The number of rotatable bonds is 4. The van der Waals surface area contributed by atoms with Crippen molar-refractivity contribution in [3.8, 4) is 0 Å². The van der Waals surface area contributed by atoms with E-state index in [1.165, 1.54) is 32.1 Å². The van der Waals surface area contributed by atoms with E-state index in [-0.39, 0.29) is 5.91 Å². The van der Waals surface area contributed by atoms with Gasteiger partial charge in [0.2, 0.25) is 0 Å². The maximum Gasteiger partial charge on any atom is 0.269 e. The molecule has 1 aromatic rings. The number of nitrogens with one attached hydrogen (secondary N) is 1. The normalized spacial score (nSPS) is 16.4. The van der Waals surface area contributed by atoms with Gasteiger partial charge in [0.1, 0.15) is 11.5 Å². The molecule has 1 aliphatic rings. The molecule has 1 saturated carbocycles. The minimum Gasteiger partial charge on any atom is -0.384 e. The number of pyridine rings is 1. The van der Waals surface area contributed by atoms with Gasteiger partial charge in [-0.3, -0.25) is 4.79 Å². The van der Waals surface area contributed by atoms with Crippen molar-refractivity contribution in [2.24, 2.45) is 5.92 Å². The van der Waals surface area contributed by atoms with Crippen LogP contribution in [0.4, 0.5) is 5.82 Å². The molecule has 4 nitrogen and oxygen atoms in total. The number of nitrogens with zero attached hydrogens (tertiary/aromatic N) is 1. The highest BCUT2D eigenvalue weighted by atomic mass is 16.1. The van der Waals surface area contributed by atoms with Crippen molar-refractivity contribution in [2.75, 3.05) is 12.3 Å². The van der Waals surface area contributed by atoms with Crippen molar-refractivity contribution in [1.82, 2.24) is 10.3 Å². The first-order valence-corrected chi connectivity index (χ1v) is 6.76. The number of amides is 1. The molecule has 98 valence electrons. The number of nitrogen functional groups attached to an aromatic ring is 1. The van der Waals surface area contributed by atoms with Gasteiger partial charge in [0.25, 0.3) is 5.91 Å². The van der Waals surface area contributed by atoms with Gasteiger partial charge >= 0.3 is 0 Å². The summed E-state index contributed by atoms with van der Waals surface area (Å²) in [4.78, 5) is 15.8. The van der Waals surface area contributed by atoms with E-state index in [2.05, 4.69) is 10.3 Å². The average molecular weight is 247 g/mol. The van der Waals surface area contributed by atoms with Crippen LogP contribution in [-0.2, 0) is 0 Å². The fourth-order valence-electron chi connectivity index (χ4n) is 2.53. The SMILES string of the molecule is Nc1cccc(C(=O)NCCC2CCCCC2)n1. The van der Waals surface area contributed by atoms with Crippen LogP contribution in [-0.4, -0.2) is 17.4 Å². The van der Waals surface area contributed by atoms with Gasteiger partial charge in [0, 0.05) is 6.54 Å². The van der Waals surface area contributed by atoms with Crippen molar-refractivity contribution >= 4 is 11.7 Å². The van der Waals surface area contributed by atoms with Crippen molar-refractivity contribution < 1.29 is 4.79 Å². The van der Waals surface area contributed by atoms with Crippen molar-refractivity contribution in [2.45, 2.75) is 38.5 Å². The summed E-state index contributed by atoms with van der Waals surface area (Å²) in [6.07, 6.45) is 7.76. The minimum absolute atomic E-state index is 0.127. The Hall–Kier alpha value is -1.58. The van der Waals surface area contributed by atoms with Crippen LogP contribution in [0.3, 0.4) is 0 Å². The Balaban J connectivity index is 1.74. The molecule has 0 spiro atoms. The summed E-state index contributed by atoms with van der Waals surface area (Å²) in [5.41, 5.74) is 5.95. The third-order valence-corrected chi connectivity index (χ3v) is 3.57. The van der Waals surface area contributed by atoms with Crippen LogP contribution in [0.15, 0.2) is 18.2 Å². The van der Waals surface area contributed by atoms with Crippen molar-refractivity contribution in [3.05, 3.63) is 23.9 Å². The van der Waals surface area contributed by atoms with Gasteiger partial charge in [-0.25, -0.2) is 4.98 Å². The van der Waals surface area contributed by atoms with E-state index < -0.39 is 0 Å². The quantitative estimate of drug-likeness (QED) is 0.858. The largest absolute Gasteiger partial charge is 0.384 e.